The van der Waals surface area contributed by atoms with E-state index in [1.165, 1.54) is 53.4 Å². The van der Waals surface area contributed by atoms with Crippen LogP contribution < -0.4 is 4.74 Å². The van der Waals surface area contributed by atoms with Crippen molar-refractivity contribution >= 4 is 32.3 Å². The summed E-state index contributed by atoms with van der Waals surface area (Å²) in [4.78, 5) is 9.33. The van der Waals surface area contributed by atoms with Crippen LogP contribution in [0.3, 0.4) is 0 Å². The summed E-state index contributed by atoms with van der Waals surface area (Å²) in [7, 11) is 0. The first-order valence-corrected chi connectivity index (χ1v) is 10.8. The summed E-state index contributed by atoms with van der Waals surface area (Å²) in [6, 6.07) is 8.58. The van der Waals surface area contributed by atoms with E-state index in [1.54, 1.807) is 11.3 Å². The third-order valence-corrected chi connectivity index (χ3v) is 6.47. The minimum Gasteiger partial charge on any atom is -0.493 e. The Morgan fingerprint density at radius 2 is 2.00 bits per heavy atom. The number of piperidine rings is 1. The Bertz CT molecular complexity index is 1040. The van der Waals surface area contributed by atoms with Crippen LogP contribution in [-0.4, -0.2) is 41.1 Å². The summed E-state index contributed by atoms with van der Waals surface area (Å²) >= 11 is 1.77. The predicted octanol–water partition coefficient (Wildman–Crippen LogP) is 5.63. The molecule has 4 heterocycles. The fourth-order valence-electron chi connectivity index (χ4n) is 4.05. The third-order valence-electron chi connectivity index (χ3n) is 5.52. The molecule has 0 unspecified atom stereocenters. The molecule has 0 amide bonds. The standard InChI is InChI=1S/C22H25N3OS/c1-2-7-25(8-3-1)9-4-10-26-17-6-5-16-11-21(24-20(16)12-17)19-15-27-22-14-23-13-18(19)22/h5-6,11-15,23-24H,1-4,7-10H2. The van der Waals surface area contributed by atoms with Gasteiger partial charge < -0.3 is 19.6 Å². The van der Waals surface area contributed by atoms with E-state index in [2.05, 4.69) is 56.9 Å². The van der Waals surface area contributed by atoms with E-state index >= 15 is 0 Å². The first kappa shape index (κ1) is 16.9. The maximum Gasteiger partial charge on any atom is 0.121 e. The zero-order valence-electron chi connectivity index (χ0n) is 15.5. The highest BCUT2D eigenvalue weighted by atomic mass is 32.1. The molecule has 4 nitrogen and oxygen atoms in total. The van der Waals surface area contributed by atoms with Crippen molar-refractivity contribution in [1.29, 1.82) is 0 Å². The SMILES string of the molecule is c1cc2cc(-c3csc4c[nH]cc34)[nH]c2cc1OCCCN1CCCCC1. The van der Waals surface area contributed by atoms with Crippen molar-refractivity contribution < 1.29 is 4.74 Å². The Labute approximate surface area is 163 Å². The normalized spacial score (nSPS) is 15.7. The van der Waals surface area contributed by atoms with Crippen molar-refractivity contribution in [2.75, 3.05) is 26.2 Å². The molecule has 2 N–H and O–H groups in total. The molecule has 0 aliphatic carbocycles. The minimum absolute atomic E-state index is 0.782. The number of hydrogen-bond donors (Lipinski definition) is 2. The third kappa shape index (κ3) is 3.49. The summed E-state index contributed by atoms with van der Waals surface area (Å²) in [6.07, 6.45) is 9.32. The van der Waals surface area contributed by atoms with Gasteiger partial charge in [0.05, 0.1) is 11.3 Å². The number of ether oxygens (including phenoxy) is 1. The summed E-state index contributed by atoms with van der Waals surface area (Å²) in [5.74, 6) is 0.951. The maximum absolute atomic E-state index is 6.01. The van der Waals surface area contributed by atoms with Crippen LogP contribution in [0.5, 0.6) is 5.75 Å². The number of H-pyrrole nitrogens is 2. The Hall–Kier alpha value is -2.24. The predicted molar refractivity (Wildman–Crippen MR) is 114 cm³/mol. The average Bonchev–Trinajstić information content (AvgIpc) is 3.40. The topological polar surface area (TPSA) is 44.1 Å². The van der Waals surface area contributed by atoms with Crippen molar-refractivity contribution in [3.8, 4) is 17.0 Å². The van der Waals surface area contributed by atoms with E-state index in [0.717, 1.165) is 36.5 Å². The number of thiophene rings is 1. The molecule has 1 aliphatic heterocycles. The van der Waals surface area contributed by atoms with E-state index < -0.39 is 0 Å². The van der Waals surface area contributed by atoms with E-state index in [4.69, 9.17) is 4.74 Å². The second-order valence-corrected chi connectivity index (χ2v) is 8.33. The molecule has 0 atom stereocenters. The lowest BCUT2D eigenvalue weighted by Gasteiger charge is -2.26. The Morgan fingerprint density at radius 3 is 2.93 bits per heavy atom. The van der Waals surface area contributed by atoms with Crippen LogP contribution in [0.1, 0.15) is 25.7 Å². The smallest absolute Gasteiger partial charge is 0.121 e. The molecule has 5 heteroatoms. The van der Waals surface area contributed by atoms with E-state index in [9.17, 15) is 0 Å². The minimum atomic E-state index is 0.782. The van der Waals surface area contributed by atoms with Crippen LogP contribution >= 0.6 is 11.3 Å². The number of nitrogens with one attached hydrogen (secondary N) is 2. The molecule has 1 fully saturated rings. The van der Waals surface area contributed by atoms with Crippen LogP contribution in [0, 0.1) is 0 Å². The quantitative estimate of drug-likeness (QED) is 0.426. The zero-order valence-corrected chi connectivity index (χ0v) is 16.3. The van der Waals surface area contributed by atoms with Crippen LogP contribution in [0.25, 0.3) is 32.2 Å². The summed E-state index contributed by atoms with van der Waals surface area (Å²) in [5, 5.41) is 4.72. The number of aromatic nitrogens is 2. The molecule has 27 heavy (non-hydrogen) atoms. The monoisotopic (exact) mass is 379 g/mol. The van der Waals surface area contributed by atoms with Gasteiger partial charge in [-0.3, -0.25) is 0 Å². The van der Waals surface area contributed by atoms with Gasteiger partial charge >= 0.3 is 0 Å². The van der Waals surface area contributed by atoms with Crippen molar-refractivity contribution in [3.05, 3.63) is 42.0 Å². The number of aromatic amines is 2. The van der Waals surface area contributed by atoms with Crippen LogP contribution in [0.15, 0.2) is 42.0 Å². The number of fused-ring (bicyclic) bond motifs is 2. The van der Waals surface area contributed by atoms with Gasteiger partial charge in [0.15, 0.2) is 0 Å². The van der Waals surface area contributed by atoms with E-state index in [-0.39, 0.29) is 0 Å². The van der Waals surface area contributed by atoms with Gasteiger partial charge in [0.2, 0.25) is 0 Å². The number of rotatable bonds is 6. The van der Waals surface area contributed by atoms with Gasteiger partial charge in [-0.2, -0.15) is 0 Å². The largest absolute Gasteiger partial charge is 0.493 e. The van der Waals surface area contributed by atoms with Crippen LogP contribution in [0.4, 0.5) is 0 Å². The first-order chi connectivity index (χ1) is 13.4. The average molecular weight is 380 g/mol. The molecule has 0 spiro atoms. The summed E-state index contributed by atoms with van der Waals surface area (Å²) in [5.41, 5.74) is 3.56. The molecule has 3 aromatic heterocycles. The highest BCUT2D eigenvalue weighted by Crippen LogP contribution is 2.35. The fraction of sp³-hybridized carbons (Fsp3) is 0.364. The lowest BCUT2D eigenvalue weighted by molar-refractivity contribution is 0.205. The number of benzene rings is 1. The second-order valence-electron chi connectivity index (χ2n) is 7.42. The Balaban J connectivity index is 1.26. The van der Waals surface area contributed by atoms with Gasteiger partial charge in [-0.1, -0.05) is 6.42 Å². The van der Waals surface area contributed by atoms with Crippen molar-refractivity contribution in [1.82, 2.24) is 14.9 Å². The zero-order chi connectivity index (χ0) is 18.1. The van der Waals surface area contributed by atoms with Gasteiger partial charge in [0, 0.05) is 57.9 Å². The summed E-state index contributed by atoms with van der Waals surface area (Å²) < 4.78 is 7.31. The molecular formula is C22H25N3OS. The number of nitrogens with zero attached hydrogens (tertiary/aromatic N) is 1. The summed E-state index contributed by atoms with van der Waals surface area (Å²) in [6.45, 7) is 4.45. The molecule has 4 aromatic rings. The lowest BCUT2D eigenvalue weighted by atomic mass is 10.1. The van der Waals surface area contributed by atoms with Crippen LogP contribution in [-0.2, 0) is 0 Å². The maximum atomic E-state index is 6.01. The van der Waals surface area contributed by atoms with Crippen molar-refractivity contribution in [2.24, 2.45) is 0 Å². The molecule has 1 aromatic carbocycles. The van der Waals surface area contributed by atoms with E-state index in [1.807, 2.05) is 0 Å². The van der Waals surface area contributed by atoms with Gasteiger partial charge in [0.25, 0.3) is 0 Å². The van der Waals surface area contributed by atoms with Crippen molar-refractivity contribution in [2.45, 2.75) is 25.7 Å². The van der Waals surface area contributed by atoms with Crippen LogP contribution in [0.2, 0.25) is 0 Å². The molecule has 1 saturated heterocycles. The molecule has 1 aliphatic rings. The Kier molecular flexibility index (Phi) is 4.64. The molecule has 140 valence electrons. The van der Waals surface area contributed by atoms with Gasteiger partial charge in [0.1, 0.15) is 5.75 Å². The molecule has 5 rings (SSSR count). The molecule has 0 radical (unpaired) electrons. The molecule has 0 saturated carbocycles. The Morgan fingerprint density at radius 1 is 1.07 bits per heavy atom. The van der Waals surface area contributed by atoms with Gasteiger partial charge in [-0.25, -0.2) is 0 Å². The van der Waals surface area contributed by atoms with Gasteiger partial charge in [-0.15, -0.1) is 11.3 Å². The van der Waals surface area contributed by atoms with Gasteiger partial charge in [-0.05, 0) is 50.6 Å². The van der Waals surface area contributed by atoms with E-state index in [0.29, 0.717) is 0 Å². The molecular weight excluding hydrogens is 354 g/mol. The number of hydrogen-bond acceptors (Lipinski definition) is 3. The molecule has 0 bridgehead atoms. The highest BCUT2D eigenvalue weighted by Gasteiger charge is 2.11. The number of likely N-dealkylation sites (tertiary alicyclic amines) is 1. The highest BCUT2D eigenvalue weighted by molar-refractivity contribution is 7.17. The lowest BCUT2D eigenvalue weighted by Crippen LogP contribution is -2.31. The fourth-order valence-corrected chi connectivity index (χ4v) is 4.98. The second kappa shape index (κ2) is 7.41. The first-order valence-electron chi connectivity index (χ1n) is 9.89. The van der Waals surface area contributed by atoms with Crippen molar-refractivity contribution in [3.63, 3.8) is 0 Å².